The summed E-state index contributed by atoms with van der Waals surface area (Å²) in [7, 11) is 0. The van der Waals surface area contributed by atoms with Crippen molar-refractivity contribution in [1.29, 1.82) is 0 Å². The van der Waals surface area contributed by atoms with Crippen LogP contribution in [0.2, 0.25) is 0 Å². The van der Waals surface area contributed by atoms with Gasteiger partial charge in [-0.2, -0.15) is 0 Å². The van der Waals surface area contributed by atoms with Crippen LogP contribution in [0, 0.1) is 11.8 Å². The lowest BCUT2D eigenvalue weighted by molar-refractivity contribution is -0.118. The van der Waals surface area contributed by atoms with E-state index < -0.39 is 37.1 Å². The van der Waals surface area contributed by atoms with Crippen LogP contribution >= 0.6 is 11.3 Å². The number of hydrogen-bond donors (Lipinski definition) is 3. The quantitative estimate of drug-likeness (QED) is 0.516. The lowest BCUT2D eigenvalue weighted by Crippen LogP contribution is -2.59. The van der Waals surface area contributed by atoms with Gasteiger partial charge in [0.25, 0.3) is 5.92 Å². The average molecular weight is 515 g/mol. The molecule has 1 aromatic heterocycles. The molecule has 1 saturated carbocycles. The number of morpholine rings is 1. The summed E-state index contributed by atoms with van der Waals surface area (Å²) in [6, 6.07) is -1.71. The van der Waals surface area contributed by atoms with Crippen LogP contribution in [0.4, 0.5) is 18.7 Å². The van der Waals surface area contributed by atoms with Crippen molar-refractivity contribution in [2.45, 2.75) is 63.6 Å². The zero-order valence-corrected chi connectivity index (χ0v) is 21.2. The first-order chi connectivity index (χ1) is 16.6. The minimum absolute atomic E-state index is 0.0860. The number of aromatic nitrogens is 1. The molecule has 3 amide bonds. The van der Waals surface area contributed by atoms with E-state index in [4.69, 9.17) is 10.5 Å². The van der Waals surface area contributed by atoms with Crippen LogP contribution in [0.15, 0.2) is 6.20 Å². The van der Waals surface area contributed by atoms with Gasteiger partial charge < -0.3 is 26.0 Å². The SMILES string of the molecule is CC1CCC([C@H](N)C(=O)Nc2ncc([C@@H](CN3CCOC[C@@H]3C)N3CC(F)(F)CNC3=O)s2)CC1. The van der Waals surface area contributed by atoms with Crippen LogP contribution in [0.3, 0.4) is 0 Å². The number of carbonyl (C=O) groups is 2. The highest BCUT2D eigenvalue weighted by molar-refractivity contribution is 7.15. The van der Waals surface area contributed by atoms with E-state index in [1.54, 1.807) is 6.20 Å². The summed E-state index contributed by atoms with van der Waals surface area (Å²) in [5, 5.41) is 5.47. The maximum absolute atomic E-state index is 14.3. The van der Waals surface area contributed by atoms with Gasteiger partial charge in [0.15, 0.2) is 5.13 Å². The first-order valence-corrected chi connectivity index (χ1v) is 13.2. The molecule has 4 N–H and O–H groups in total. The largest absolute Gasteiger partial charge is 0.379 e. The van der Waals surface area contributed by atoms with Crippen molar-refractivity contribution < 1.29 is 23.1 Å². The number of thiazole rings is 1. The molecular weight excluding hydrogens is 478 g/mol. The van der Waals surface area contributed by atoms with Crippen LogP contribution in [0.1, 0.15) is 50.4 Å². The Morgan fingerprint density at radius 2 is 2.11 bits per heavy atom. The van der Waals surface area contributed by atoms with Gasteiger partial charge in [-0.15, -0.1) is 0 Å². The Hall–Kier alpha value is -1.89. The van der Waals surface area contributed by atoms with E-state index in [-0.39, 0.29) is 17.9 Å². The molecule has 3 aliphatic rings. The number of rotatable bonds is 7. The van der Waals surface area contributed by atoms with Crippen LogP contribution in [0.5, 0.6) is 0 Å². The molecule has 2 saturated heterocycles. The maximum atomic E-state index is 14.3. The van der Waals surface area contributed by atoms with Gasteiger partial charge in [0, 0.05) is 25.3 Å². The maximum Gasteiger partial charge on any atom is 0.318 e. The molecule has 3 heterocycles. The number of halogens is 2. The van der Waals surface area contributed by atoms with Gasteiger partial charge in [0.05, 0.1) is 43.3 Å². The molecule has 12 heteroatoms. The van der Waals surface area contributed by atoms with Crippen LogP contribution in [0.25, 0.3) is 0 Å². The Labute approximate surface area is 208 Å². The van der Waals surface area contributed by atoms with Crippen LogP contribution < -0.4 is 16.4 Å². The summed E-state index contributed by atoms with van der Waals surface area (Å²) in [5.41, 5.74) is 6.26. The van der Waals surface area contributed by atoms with E-state index in [0.717, 1.165) is 25.7 Å². The highest BCUT2D eigenvalue weighted by atomic mass is 32.1. The minimum atomic E-state index is -3.03. The fourth-order valence-corrected chi connectivity index (χ4v) is 6.00. The van der Waals surface area contributed by atoms with Crippen molar-refractivity contribution in [1.82, 2.24) is 20.1 Å². The summed E-state index contributed by atoms with van der Waals surface area (Å²) in [6.45, 7) is 4.96. The van der Waals surface area contributed by atoms with Crippen molar-refractivity contribution in [3.05, 3.63) is 11.1 Å². The number of nitrogens with one attached hydrogen (secondary N) is 2. The van der Waals surface area contributed by atoms with Gasteiger partial charge in [-0.25, -0.2) is 18.6 Å². The van der Waals surface area contributed by atoms with Gasteiger partial charge >= 0.3 is 6.03 Å². The molecule has 9 nitrogen and oxygen atoms in total. The van der Waals surface area contributed by atoms with E-state index in [1.807, 2.05) is 6.92 Å². The highest BCUT2D eigenvalue weighted by Gasteiger charge is 2.43. The first kappa shape index (κ1) is 26.2. The zero-order chi connectivity index (χ0) is 25.2. The predicted molar refractivity (Wildman–Crippen MR) is 129 cm³/mol. The molecule has 196 valence electrons. The molecule has 2 aliphatic heterocycles. The second kappa shape index (κ2) is 11.0. The minimum Gasteiger partial charge on any atom is -0.379 e. The Kier molecular flexibility index (Phi) is 8.24. The molecular formula is C23H36F2N6O3S. The lowest BCUT2D eigenvalue weighted by Gasteiger charge is -2.42. The van der Waals surface area contributed by atoms with E-state index in [2.05, 4.69) is 27.4 Å². The fraction of sp³-hybridized carbons (Fsp3) is 0.783. The fourth-order valence-electron chi connectivity index (χ4n) is 5.08. The Balaban J connectivity index is 1.49. The second-order valence-corrected chi connectivity index (χ2v) is 11.2. The Morgan fingerprint density at radius 3 is 2.83 bits per heavy atom. The molecule has 1 aliphatic carbocycles. The average Bonchev–Trinajstić information content (AvgIpc) is 3.28. The van der Waals surface area contributed by atoms with Crippen LogP contribution in [-0.2, 0) is 9.53 Å². The topological polar surface area (TPSA) is 113 Å². The van der Waals surface area contributed by atoms with Gasteiger partial charge in [-0.1, -0.05) is 31.1 Å². The van der Waals surface area contributed by atoms with Gasteiger partial charge in [0.1, 0.15) is 0 Å². The second-order valence-electron chi connectivity index (χ2n) is 10.2. The lowest BCUT2D eigenvalue weighted by atomic mass is 9.79. The number of anilines is 1. The third kappa shape index (κ3) is 6.46. The van der Waals surface area contributed by atoms with Crippen molar-refractivity contribution in [2.75, 3.05) is 44.7 Å². The standard InChI is InChI=1S/C23H36F2N6O3S/c1-14-3-5-16(6-4-14)19(26)20(32)29-21-27-9-18(35-21)17(10-30-7-8-34-11-15(30)2)31-13-23(24,25)12-28-22(31)33/h9,14-17,19H,3-8,10-13,26H2,1-2H3,(H,28,33)(H,27,29,32)/t14?,15-,16?,17+,19-/m0/s1. The monoisotopic (exact) mass is 514 g/mol. The molecule has 1 aromatic rings. The van der Waals surface area contributed by atoms with Crippen molar-refractivity contribution >= 4 is 28.4 Å². The van der Waals surface area contributed by atoms with Crippen molar-refractivity contribution in [2.24, 2.45) is 17.6 Å². The molecule has 0 bridgehead atoms. The number of nitrogens with zero attached hydrogens (tertiary/aromatic N) is 3. The summed E-state index contributed by atoms with van der Waals surface area (Å²) in [4.78, 5) is 33.7. The summed E-state index contributed by atoms with van der Waals surface area (Å²) < 4.78 is 34.0. The van der Waals surface area contributed by atoms with E-state index in [9.17, 15) is 18.4 Å². The van der Waals surface area contributed by atoms with Gasteiger partial charge in [-0.3, -0.25) is 9.69 Å². The number of nitrogens with two attached hydrogens (primary N) is 1. The molecule has 0 radical (unpaired) electrons. The molecule has 0 aromatic carbocycles. The zero-order valence-electron chi connectivity index (χ0n) is 20.3. The van der Waals surface area contributed by atoms with E-state index in [0.29, 0.717) is 42.2 Å². The molecule has 3 atom stereocenters. The molecule has 0 spiro atoms. The Morgan fingerprint density at radius 1 is 1.37 bits per heavy atom. The molecule has 4 rings (SSSR count). The van der Waals surface area contributed by atoms with E-state index in [1.165, 1.54) is 16.2 Å². The highest BCUT2D eigenvalue weighted by Crippen LogP contribution is 2.34. The van der Waals surface area contributed by atoms with Gasteiger partial charge in [0.2, 0.25) is 5.91 Å². The molecule has 3 fully saturated rings. The smallest absolute Gasteiger partial charge is 0.318 e. The van der Waals surface area contributed by atoms with Crippen molar-refractivity contribution in [3.63, 3.8) is 0 Å². The van der Waals surface area contributed by atoms with Gasteiger partial charge in [-0.05, 0) is 31.6 Å². The number of urea groups is 1. The van der Waals surface area contributed by atoms with E-state index >= 15 is 0 Å². The summed E-state index contributed by atoms with van der Waals surface area (Å²) in [5.74, 6) is -2.52. The molecule has 0 unspecified atom stereocenters. The van der Waals surface area contributed by atoms with Crippen molar-refractivity contribution in [3.8, 4) is 0 Å². The normalized spacial score (nSPS) is 29.3. The summed E-state index contributed by atoms with van der Waals surface area (Å²) >= 11 is 1.20. The number of hydrogen-bond acceptors (Lipinski definition) is 7. The number of alkyl halides is 2. The third-order valence-corrected chi connectivity index (χ3v) is 8.42. The molecule has 35 heavy (non-hydrogen) atoms. The number of amides is 3. The number of ether oxygens (including phenoxy) is 1. The third-order valence-electron chi connectivity index (χ3n) is 7.40. The Bertz CT molecular complexity index is 894. The predicted octanol–water partition coefficient (Wildman–Crippen LogP) is 2.66. The number of carbonyl (C=O) groups excluding carboxylic acids is 2. The first-order valence-electron chi connectivity index (χ1n) is 12.4. The van der Waals surface area contributed by atoms with Crippen LogP contribution in [-0.4, -0.2) is 84.1 Å². The summed E-state index contributed by atoms with van der Waals surface area (Å²) in [6.07, 6.45) is 5.55.